The number of ketones is 1. The summed E-state index contributed by atoms with van der Waals surface area (Å²) in [6.45, 7) is 4.91. The Morgan fingerprint density at radius 1 is 1.08 bits per heavy atom. The van der Waals surface area contributed by atoms with E-state index in [1.54, 1.807) is 12.4 Å². The lowest BCUT2D eigenvalue weighted by Crippen LogP contribution is -2.07. The highest BCUT2D eigenvalue weighted by Crippen LogP contribution is 2.23. The van der Waals surface area contributed by atoms with E-state index in [0.29, 0.717) is 12.2 Å². The van der Waals surface area contributed by atoms with Crippen molar-refractivity contribution in [1.82, 2.24) is 19.7 Å². The Kier molecular flexibility index (Phi) is 6.17. The third-order valence-corrected chi connectivity index (χ3v) is 5.17. The molecule has 0 amide bonds. The van der Waals surface area contributed by atoms with Gasteiger partial charge in [-0.1, -0.05) is 43.0 Å². The van der Waals surface area contributed by atoms with Gasteiger partial charge < -0.3 is 4.57 Å². The number of aryl methyl sites for hydroxylation is 1. The maximum atomic E-state index is 12.3. The number of pyridine rings is 1. The standard InChI is InChI=1S/C20H22N4OS/c1-3-15-7-9-16(10-8-15)12-18(25)14-26-20-23-22-19(24(20)4-2)17-6-5-11-21-13-17/h5-11,13H,3-4,12,14H2,1-2H3. The smallest absolute Gasteiger partial charge is 0.191 e. The molecule has 0 fully saturated rings. The molecule has 6 heteroatoms. The molecule has 0 aliphatic carbocycles. The second kappa shape index (κ2) is 8.76. The number of carbonyl (C=O) groups excluding carboxylic acids is 1. The van der Waals surface area contributed by atoms with E-state index in [0.717, 1.165) is 35.1 Å². The molecule has 2 heterocycles. The normalized spacial score (nSPS) is 10.8. The molecule has 134 valence electrons. The van der Waals surface area contributed by atoms with Crippen LogP contribution in [-0.4, -0.2) is 31.3 Å². The topological polar surface area (TPSA) is 60.7 Å². The van der Waals surface area contributed by atoms with Crippen LogP contribution in [0, 0.1) is 0 Å². The summed E-state index contributed by atoms with van der Waals surface area (Å²) in [6, 6.07) is 12.1. The molecule has 0 aliphatic rings. The lowest BCUT2D eigenvalue weighted by atomic mass is 10.1. The molecular weight excluding hydrogens is 344 g/mol. The third-order valence-electron chi connectivity index (χ3n) is 4.15. The van der Waals surface area contributed by atoms with Crippen LogP contribution in [0.15, 0.2) is 53.9 Å². The van der Waals surface area contributed by atoms with E-state index in [4.69, 9.17) is 0 Å². The average molecular weight is 366 g/mol. The summed E-state index contributed by atoms with van der Waals surface area (Å²) in [6.07, 6.45) is 4.97. The Labute approximate surface area is 157 Å². The zero-order valence-electron chi connectivity index (χ0n) is 15.1. The fourth-order valence-corrected chi connectivity index (χ4v) is 3.57. The summed E-state index contributed by atoms with van der Waals surface area (Å²) in [5, 5.41) is 9.30. The van der Waals surface area contributed by atoms with Crippen molar-refractivity contribution < 1.29 is 4.79 Å². The van der Waals surface area contributed by atoms with E-state index in [1.165, 1.54) is 17.3 Å². The summed E-state index contributed by atoms with van der Waals surface area (Å²) in [4.78, 5) is 16.5. The Morgan fingerprint density at radius 3 is 2.50 bits per heavy atom. The highest BCUT2D eigenvalue weighted by molar-refractivity contribution is 7.99. The first-order chi connectivity index (χ1) is 12.7. The highest BCUT2D eigenvalue weighted by Gasteiger charge is 2.14. The van der Waals surface area contributed by atoms with Gasteiger partial charge in [0.15, 0.2) is 11.0 Å². The highest BCUT2D eigenvalue weighted by atomic mass is 32.2. The molecule has 3 rings (SSSR count). The summed E-state index contributed by atoms with van der Waals surface area (Å²) in [5.41, 5.74) is 3.27. The van der Waals surface area contributed by atoms with Crippen LogP contribution in [-0.2, 0) is 24.2 Å². The van der Waals surface area contributed by atoms with E-state index in [1.807, 2.05) is 35.8 Å². The number of hydrogen-bond acceptors (Lipinski definition) is 5. The molecule has 0 N–H and O–H groups in total. The van der Waals surface area contributed by atoms with Crippen molar-refractivity contribution in [3.8, 4) is 11.4 Å². The Balaban J connectivity index is 1.64. The van der Waals surface area contributed by atoms with Gasteiger partial charge >= 0.3 is 0 Å². The summed E-state index contributed by atoms with van der Waals surface area (Å²) < 4.78 is 2.02. The van der Waals surface area contributed by atoms with Gasteiger partial charge in [-0.25, -0.2) is 0 Å². The van der Waals surface area contributed by atoms with Crippen molar-refractivity contribution in [2.24, 2.45) is 0 Å². The van der Waals surface area contributed by atoms with E-state index in [-0.39, 0.29) is 5.78 Å². The summed E-state index contributed by atoms with van der Waals surface area (Å²) in [7, 11) is 0. The Hall–Kier alpha value is -2.47. The minimum absolute atomic E-state index is 0.188. The van der Waals surface area contributed by atoms with Gasteiger partial charge in [0.1, 0.15) is 5.78 Å². The number of hydrogen-bond donors (Lipinski definition) is 0. The monoisotopic (exact) mass is 366 g/mol. The summed E-state index contributed by atoms with van der Waals surface area (Å²) in [5.74, 6) is 1.36. The number of benzene rings is 1. The van der Waals surface area contributed by atoms with Crippen molar-refractivity contribution in [2.75, 3.05) is 5.75 Å². The molecule has 2 aromatic heterocycles. The maximum Gasteiger partial charge on any atom is 0.191 e. The molecule has 0 radical (unpaired) electrons. The molecule has 26 heavy (non-hydrogen) atoms. The van der Waals surface area contributed by atoms with Gasteiger partial charge in [-0.2, -0.15) is 0 Å². The van der Waals surface area contributed by atoms with E-state index in [9.17, 15) is 4.79 Å². The minimum atomic E-state index is 0.188. The predicted molar refractivity (Wildman–Crippen MR) is 104 cm³/mol. The molecular formula is C20H22N4OS. The van der Waals surface area contributed by atoms with Gasteiger partial charge in [-0.15, -0.1) is 10.2 Å². The van der Waals surface area contributed by atoms with E-state index in [2.05, 4.69) is 34.2 Å². The number of rotatable bonds is 8. The maximum absolute atomic E-state index is 12.3. The van der Waals surface area contributed by atoms with Crippen molar-refractivity contribution in [2.45, 2.75) is 38.4 Å². The molecule has 5 nitrogen and oxygen atoms in total. The number of Topliss-reactive ketones (excluding diaryl/α,β-unsaturated/α-hetero) is 1. The van der Waals surface area contributed by atoms with E-state index < -0.39 is 0 Å². The lowest BCUT2D eigenvalue weighted by molar-refractivity contribution is -0.116. The quantitative estimate of drug-likeness (QED) is 0.567. The van der Waals surface area contributed by atoms with Crippen LogP contribution in [0.4, 0.5) is 0 Å². The predicted octanol–water partition coefficient (Wildman–Crippen LogP) is 3.83. The molecule has 0 aliphatic heterocycles. The third kappa shape index (κ3) is 4.38. The van der Waals surface area contributed by atoms with Crippen molar-refractivity contribution in [3.05, 3.63) is 59.9 Å². The number of carbonyl (C=O) groups is 1. The van der Waals surface area contributed by atoms with Crippen molar-refractivity contribution in [1.29, 1.82) is 0 Å². The first kappa shape index (κ1) is 18.3. The van der Waals surface area contributed by atoms with Crippen molar-refractivity contribution >= 4 is 17.5 Å². The van der Waals surface area contributed by atoms with Crippen LogP contribution in [0.1, 0.15) is 25.0 Å². The Bertz CT molecular complexity index is 859. The van der Waals surface area contributed by atoms with Gasteiger partial charge in [0, 0.05) is 30.9 Å². The van der Waals surface area contributed by atoms with Gasteiger partial charge in [-0.05, 0) is 36.6 Å². The molecule has 0 spiro atoms. The van der Waals surface area contributed by atoms with Crippen LogP contribution in [0.5, 0.6) is 0 Å². The second-order valence-corrected chi connectivity index (χ2v) is 6.91. The summed E-state index contributed by atoms with van der Waals surface area (Å²) >= 11 is 1.44. The zero-order chi connectivity index (χ0) is 18.4. The second-order valence-electron chi connectivity index (χ2n) is 5.97. The number of thioether (sulfide) groups is 1. The van der Waals surface area contributed by atoms with Gasteiger partial charge in [0.2, 0.25) is 0 Å². The molecule has 0 bridgehead atoms. The van der Waals surface area contributed by atoms with Crippen LogP contribution in [0.3, 0.4) is 0 Å². The SMILES string of the molecule is CCc1ccc(CC(=O)CSc2nnc(-c3cccnc3)n2CC)cc1. The van der Waals surface area contributed by atoms with Crippen LogP contribution < -0.4 is 0 Å². The fraction of sp³-hybridized carbons (Fsp3) is 0.300. The fourth-order valence-electron chi connectivity index (χ4n) is 2.71. The molecule has 0 saturated carbocycles. The first-order valence-electron chi connectivity index (χ1n) is 8.77. The molecule has 0 saturated heterocycles. The van der Waals surface area contributed by atoms with Gasteiger partial charge in [-0.3, -0.25) is 9.78 Å². The van der Waals surface area contributed by atoms with Gasteiger partial charge in [0.05, 0.1) is 5.75 Å². The lowest BCUT2D eigenvalue weighted by Gasteiger charge is -2.07. The van der Waals surface area contributed by atoms with E-state index >= 15 is 0 Å². The van der Waals surface area contributed by atoms with Crippen LogP contribution in [0.25, 0.3) is 11.4 Å². The largest absolute Gasteiger partial charge is 0.302 e. The first-order valence-corrected chi connectivity index (χ1v) is 9.75. The zero-order valence-corrected chi connectivity index (χ0v) is 15.9. The molecule has 3 aromatic rings. The molecule has 0 atom stereocenters. The number of nitrogens with zero attached hydrogens (tertiary/aromatic N) is 4. The van der Waals surface area contributed by atoms with Crippen LogP contribution in [0.2, 0.25) is 0 Å². The van der Waals surface area contributed by atoms with Crippen molar-refractivity contribution in [3.63, 3.8) is 0 Å². The minimum Gasteiger partial charge on any atom is -0.302 e. The number of aromatic nitrogens is 4. The Morgan fingerprint density at radius 2 is 1.85 bits per heavy atom. The molecule has 0 unspecified atom stereocenters. The van der Waals surface area contributed by atoms with Gasteiger partial charge in [0.25, 0.3) is 0 Å². The molecule has 1 aromatic carbocycles. The average Bonchev–Trinajstić information content (AvgIpc) is 3.10. The van der Waals surface area contributed by atoms with Crippen LogP contribution >= 0.6 is 11.8 Å².